The van der Waals surface area contributed by atoms with Gasteiger partial charge in [-0.05, 0) is 39.3 Å². The molecule has 1 aromatic rings. The second-order valence-electron chi connectivity index (χ2n) is 5.05. The molecule has 0 aliphatic heterocycles. The Balaban J connectivity index is 2.64. The van der Waals surface area contributed by atoms with Crippen molar-refractivity contribution in [3.8, 4) is 0 Å². The summed E-state index contributed by atoms with van der Waals surface area (Å²) in [5.74, 6) is -0.358. The average Bonchev–Trinajstić information content (AvgIpc) is 2.19. The van der Waals surface area contributed by atoms with Gasteiger partial charge in [-0.1, -0.05) is 22.0 Å². The first kappa shape index (κ1) is 15.0. The Morgan fingerprint density at radius 3 is 2.61 bits per heavy atom. The lowest BCUT2D eigenvalue weighted by Gasteiger charge is -2.19. The summed E-state index contributed by atoms with van der Waals surface area (Å²) in [6, 6.07) is 3.08. The number of hydrogen-bond donors (Lipinski definition) is 1. The SMILES string of the molecule is Cc1cc(CNC(=O)OC(C)(C)C)c(F)cc1Br. The normalized spacial score (nSPS) is 11.2. The standard InChI is InChI=1S/C13H17BrFNO2/c1-8-5-9(11(15)6-10(8)14)7-16-12(17)18-13(2,3)4/h5-6H,7H2,1-4H3,(H,16,17). The summed E-state index contributed by atoms with van der Waals surface area (Å²) in [6.45, 7) is 7.29. The van der Waals surface area contributed by atoms with E-state index in [-0.39, 0.29) is 12.4 Å². The zero-order valence-electron chi connectivity index (χ0n) is 10.9. The van der Waals surface area contributed by atoms with Gasteiger partial charge in [0.05, 0.1) is 0 Å². The lowest BCUT2D eigenvalue weighted by atomic mass is 10.1. The molecule has 0 unspecified atom stereocenters. The van der Waals surface area contributed by atoms with E-state index in [1.807, 2.05) is 6.92 Å². The van der Waals surface area contributed by atoms with Crippen LogP contribution in [0.3, 0.4) is 0 Å². The molecule has 1 N–H and O–H groups in total. The van der Waals surface area contributed by atoms with Gasteiger partial charge >= 0.3 is 6.09 Å². The van der Waals surface area contributed by atoms with E-state index in [9.17, 15) is 9.18 Å². The van der Waals surface area contributed by atoms with Crippen LogP contribution in [0.4, 0.5) is 9.18 Å². The maximum atomic E-state index is 13.6. The van der Waals surface area contributed by atoms with Crippen LogP contribution in [0.5, 0.6) is 0 Å². The van der Waals surface area contributed by atoms with E-state index in [0.717, 1.165) is 5.56 Å². The van der Waals surface area contributed by atoms with E-state index >= 15 is 0 Å². The number of carbonyl (C=O) groups is 1. The monoisotopic (exact) mass is 317 g/mol. The molecule has 0 aliphatic rings. The molecular formula is C13H17BrFNO2. The highest BCUT2D eigenvalue weighted by Gasteiger charge is 2.16. The highest BCUT2D eigenvalue weighted by molar-refractivity contribution is 9.10. The summed E-state index contributed by atoms with van der Waals surface area (Å²) >= 11 is 3.25. The number of alkyl carbamates (subject to hydrolysis) is 1. The Hall–Kier alpha value is -1.10. The van der Waals surface area contributed by atoms with E-state index in [1.54, 1.807) is 26.8 Å². The van der Waals surface area contributed by atoms with Gasteiger partial charge in [-0.2, -0.15) is 0 Å². The second kappa shape index (κ2) is 5.69. The number of carbonyl (C=O) groups excluding carboxylic acids is 1. The van der Waals surface area contributed by atoms with Gasteiger partial charge in [0, 0.05) is 16.6 Å². The zero-order chi connectivity index (χ0) is 13.9. The fourth-order valence-corrected chi connectivity index (χ4v) is 1.65. The van der Waals surface area contributed by atoms with Crippen molar-refractivity contribution in [1.29, 1.82) is 0 Å². The highest BCUT2D eigenvalue weighted by atomic mass is 79.9. The van der Waals surface area contributed by atoms with Crippen molar-refractivity contribution in [3.05, 3.63) is 33.5 Å². The molecule has 0 bridgehead atoms. The first-order valence-corrected chi connectivity index (χ1v) is 6.40. The Morgan fingerprint density at radius 2 is 2.06 bits per heavy atom. The number of aryl methyl sites for hydroxylation is 1. The van der Waals surface area contributed by atoms with Crippen molar-refractivity contribution < 1.29 is 13.9 Å². The molecule has 0 atom stereocenters. The van der Waals surface area contributed by atoms with Crippen LogP contribution >= 0.6 is 15.9 Å². The molecule has 0 saturated heterocycles. The van der Waals surface area contributed by atoms with Crippen LogP contribution in [0, 0.1) is 12.7 Å². The first-order valence-electron chi connectivity index (χ1n) is 5.60. The van der Waals surface area contributed by atoms with Crippen molar-refractivity contribution in [1.82, 2.24) is 5.32 Å². The minimum absolute atomic E-state index is 0.106. The van der Waals surface area contributed by atoms with Crippen LogP contribution in [0.2, 0.25) is 0 Å². The topological polar surface area (TPSA) is 38.3 Å². The fraction of sp³-hybridized carbons (Fsp3) is 0.462. The quantitative estimate of drug-likeness (QED) is 0.897. The van der Waals surface area contributed by atoms with Gasteiger partial charge in [0.25, 0.3) is 0 Å². The van der Waals surface area contributed by atoms with E-state index < -0.39 is 11.7 Å². The highest BCUT2D eigenvalue weighted by Crippen LogP contribution is 2.20. The Kier molecular flexibility index (Phi) is 4.73. The van der Waals surface area contributed by atoms with E-state index in [4.69, 9.17) is 4.74 Å². The van der Waals surface area contributed by atoms with Gasteiger partial charge in [-0.25, -0.2) is 9.18 Å². The Bertz CT molecular complexity index is 455. The lowest BCUT2D eigenvalue weighted by molar-refractivity contribution is 0.0523. The number of nitrogens with one attached hydrogen (secondary N) is 1. The van der Waals surface area contributed by atoms with Gasteiger partial charge < -0.3 is 10.1 Å². The Morgan fingerprint density at radius 1 is 1.44 bits per heavy atom. The minimum Gasteiger partial charge on any atom is -0.444 e. The smallest absolute Gasteiger partial charge is 0.407 e. The summed E-state index contributed by atoms with van der Waals surface area (Å²) in [5, 5.41) is 2.53. The Labute approximate surface area is 115 Å². The van der Waals surface area contributed by atoms with Gasteiger partial charge in [-0.15, -0.1) is 0 Å². The number of rotatable bonds is 2. The number of benzene rings is 1. The minimum atomic E-state index is -0.557. The van der Waals surface area contributed by atoms with E-state index in [0.29, 0.717) is 10.0 Å². The molecule has 0 fully saturated rings. The van der Waals surface area contributed by atoms with Crippen LogP contribution in [0.15, 0.2) is 16.6 Å². The summed E-state index contributed by atoms with van der Waals surface area (Å²) < 4.78 is 19.4. The van der Waals surface area contributed by atoms with Crippen molar-refractivity contribution in [2.24, 2.45) is 0 Å². The summed E-state index contributed by atoms with van der Waals surface area (Å²) in [7, 11) is 0. The van der Waals surface area contributed by atoms with Crippen LogP contribution in [0.1, 0.15) is 31.9 Å². The average molecular weight is 318 g/mol. The van der Waals surface area contributed by atoms with Crippen LogP contribution in [-0.2, 0) is 11.3 Å². The molecule has 1 rings (SSSR count). The fourth-order valence-electron chi connectivity index (χ4n) is 1.33. The van der Waals surface area contributed by atoms with Gasteiger partial charge in [0.1, 0.15) is 11.4 Å². The van der Waals surface area contributed by atoms with Crippen molar-refractivity contribution >= 4 is 22.0 Å². The van der Waals surface area contributed by atoms with E-state index in [1.165, 1.54) is 6.07 Å². The summed E-state index contributed by atoms with van der Waals surface area (Å²) in [4.78, 5) is 11.4. The molecule has 18 heavy (non-hydrogen) atoms. The number of hydrogen-bond acceptors (Lipinski definition) is 2. The van der Waals surface area contributed by atoms with Gasteiger partial charge in [-0.3, -0.25) is 0 Å². The largest absolute Gasteiger partial charge is 0.444 e. The molecule has 5 heteroatoms. The molecule has 0 aromatic heterocycles. The molecule has 0 spiro atoms. The molecule has 0 heterocycles. The molecular weight excluding hydrogens is 301 g/mol. The third-order valence-electron chi connectivity index (χ3n) is 2.15. The predicted molar refractivity (Wildman–Crippen MR) is 71.9 cm³/mol. The molecule has 0 radical (unpaired) electrons. The lowest BCUT2D eigenvalue weighted by Crippen LogP contribution is -2.32. The molecule has 3 nitrogen and oxygen atoms in total. The van der Waals surface area contributed by atoms with Crippen LogP contribution in [0.25, 0.3) is 0 Å². The van der Waals surface area contributed by atoms with E-state index in [2.05, 4.69) is 21.2 Å². The summed E-state index contributed by atoms with van der Waals surface area (Å²) in [6.07, 6.45) is -0.553. The number of ether oxygens (including phenoxy) is 1. The second-order valence-corrected chi connectivity index (χ2v) is 5.90. The molecule has 1 aromatic carbocycles. The van der Waals surface area contributed by atoms with Crippen molar-refractivity contribution in [2.45, 2.75) is 39.8 Å². The molecule has 0 saturated carbocycles. The van der Waals surface area contributed by atoms with Gasteiger partial charge in [0.15, 0.2) is 0 Å². The summed E-state index contributed by atoms with van der Waals surface area (Å²) in [5.41, 5.74) is 0.789. The van der Waals surface area contributed by atoms with Crippen molar-refractivity contribution in [3.63, 3.8) is 0 Å². The van der Waals surface area contributed by atoms with Crippen LogP contribution in [-0.4, -0.2) is 11.7 Å². The number of halogens is 2. The number of amides is 1. The van der Waals surface area contributed by atoms with Crippen molar-refractivity contribution in [2.75, 3.05) is 0 Å². The maximum Gasteiger partial charge on any atom is 0.407 e. The van der Waals surface area contributed by atoms with Crippen LogP contribution < -0.4 is 5.32 Å². The maximum absolute atomic E-state index is 13.6. The van der Waals surface area contributed by atoms with Gasteiger partial charge in [0.2, 0.25) is 0 Å². The molecule has 0 aliphatic carbocycles. The molecule has 100 valence electrons. The third-order valence-corrected chi connectivity index (χ3v) is 3.00. The zero-order valence-corrected chi connectivity index (χ0v) is 12.5. The predicted octanol–water partition coefficient (Wildman–Crippen LogP) is 3.92. The third kappa shape index (κ3) is 4.64. The first-order chi connectivity index (χ1) is 8.19. The molecule has 1 amide bonds.